The van der Waals surface area contributed by atoms with Crippen molar-refractivity contribution in [3.8, 4) is 0 Å². The zero-order chi connectivity index (χ0) is 47.3. The first kappa shape index (κ1) is 60.3. The van der Waals surface area contributed by atoms with Crippen molar-refractivity contribution in [2.45, 2.75) is 219 Å². The van der Waals surface area contributed by atoms with Crippen LogP contribution in [0, 0.1) is 11.8 Å². The molecule has 1 saturated carbocycles. The second-order valence-electron chi connectivity index (χ2n) is 18.9. The van der Waals surface area contributed by atoms with Crippen LogP contribution in [0.15, 0.2) is 60.8 Å². The molecule has 1 aliphatic carbocycles. The summed E-state index contributed by atoms with van der Waals surface area (Å²) in [6.07, 6.45) is 54.9. The molecule has 0 radical (unpaired) electrons. The lowest BCUT2D eigenvalue weighted by molar-refractivity contribution is -0.151. The maximum absolute atomic E-state index is 13.4. The number of ether oxygens (including phenoxy) is 4. The number of carbonyl (C=O) groups excluding carboxylic acids is 2. The number of carbonyl (C=O) groups is 2. The molecular formula is C57H102N2O6. The molecule has 8 nitrogen and oxygen atoms in total. The molecule has 0 bridgehead atoms. The van der Waals surface area contributed by atoms with Crippen molar-refractivity contribution in [1.29, 1.82) is 0 Å². The van der Waals surface area contributed by atoms with Crippen molar-refractivity contribution in [1.82, 2.24) is 9.80 Å². The fourth-order valence-electron chi connectivity index (χ4n) is 8.29. The minimum atomic E-state index is -0.292. The number of nitrogens with zero attached hydrogens (tertiary/aromatic N) is 2. The SMILES string of the molecule is CC/C=C\CC1C(CC(=O)OCC(COCCCCCCCC/C=C\C/C=C\CCCCC)OCCCCCCCC/C=C\C/C=C\CCCCC)CCC1OC(=O)N(C)CCN(C)C. The lowest BCUT2D eigenvalue weighted by atomic mass is 9.89. The number of hydrogen-bond acceptors (Lipinski definition) is 7. The van der Waals surface area contributed by atoms with E-state index in [9.17, 15) is 9.59 Å². The minimum Gasteiger partial charge on any atom is -0.463 e. The van der Waals surface area contributed by atoms with Gasteiger partial charge in [0, 0.05) is 45.7 Å². The van der Waals surface area contributed by atoms with Gasteiger partial charge in [-0.05, 0) is 123 Å². The number of likely N-dealkylation sites (N-methyl/N-ethyl adjacent to an activating group) is 2. The molecule has 8 heteroatoms. The maximum atomic E-state index is 13.4. The van der Waals surface area contributed by atoms with Crippen LogP contribution in [0.4, 0.5) is 4.79 Å². The molecule has 0 aromatic heterocycles. The van der Waals surface area contributed by atoms with Crippen molar-refractivity contribution >= 4 is 12.1 Å². The lowest BCUT2D eigenvalue weighted by Crippen LogP contribution is -2.37. The highest BCUT2D eigenvalue weighted by Gasteiger charge is 2.39. The van der Waals surface area contributed by atoms with E-state index in [1.807, 2.05) is 14.1 Å². The topological polar surface area (TPSA) is 77.5 Å². The molecule has 0 spiro atoms. The standard InChI is InChI=1S/C57H102N2O6/c1-7-10-13-15-17-19-21-23-25-27-29-31-33-35-37-40-47-62-50-53(63-48-41-38-36-34-32-30-28-26-24-22-20-18-16-14-11-8-2)51-64-56(60)49-52-43-44-55(54(52)42-39-12-9-3)65-57(61)59(6)46-45-58(4)5/h12,17-20,23-26,39,52-55H,7-11,13-16,21-22,27-38,40-51H2,1-6H3/b19-17-,20-18-,25-23-,26-24-,39-12-. The molecule has 0 N–H and O–H groups in total. The van der Waals surface area contributed by atoms with Gasteiger partial charge in [0.05, 0.1) is 6.61 Å². The van der Waals surface area contributed by atoms with E-state index in [0.29, 0.717) is 32.8 Å². The van der Waals surface area contributed by atoms with Gasteiger partial charge in [0.2, 0.25) is 0 Å². The van der Waals surface area contributed by atoms with Crippen LogP contribution in [0.25, 0.3) is 0 Å². The highest BCUT2D eigenvalue weighted by molar-refractivity contribution is 5.70. The van der Waals surface area contributed by atoms with Crippen molar-refractivity contribution < 1.29 is 28.5 Å². The van der Waals surface area contributed by atoms with Gasteiger partial charge < -0.3 is 28.7 Å². The zero-order valence-electron chi connectivity index (χ0n) is 43.2. The second-order valence-corrected chi connectivity index (χ2v) is 18.9. The monoisotopic (exact) mass is 911 g/mol. The van der Waals surface area contributed by atoms with Gasteiger partial charge in [0.15, 0.2) is 0 Å². The van der Waals surface area contributed by atoms with E-state index in [0.717, 1.165) is 64.3 Å². The largest absolute Gasteiger partial charge is 0.463 e. The molecule has 0 saturated heterocycles. The number of unbranched alkanes of at least 4 members (excludes halogenated alkanes) is 18. The van der Waals surface area contributed by atoms with Crippen molar-refractivity contribution in [2.24, 2.45) is 11.8 Å². The fourth-order valence-corrected chi connectivity index (χ4v) is 8.29. The molecule has 65 heavy (non-hydrogen) atoms. The Balaban J connectivity index is 2.52. The average Bonchev–Trinajstić information content (AvgIpc) is 3.66. The third-order valence-corrected chi connectivity index (χ3v) is 12.5. The van der Waals surface area contributed by atoms with E-state index >= 15 is 0 Å². The Hall–Kier alpha value is -2.68. The van der Waals surface area contributed by atoms with Crippen LogP contribution in [-0.4, -0.2) is 94.7 Å². The first-order chi connectivity index (χ1) is 31.8. The van der Waals surface area contributed by atoms with E-state index in [4.69, 9.17) is 18.9 Å². The number of esters is 1. The number of rotatable bonds is 44. The molecule has 376 valence electrons. The molecule has 1 amide bonds. The Bertz CT molecular complexity index is 1240. The van der Waals surface area contributed by atoms with E-state index in [1.54, 1.807) is 11.9 Å². The molecule has 1 rings (SSSR count). The molecule has 1 aliphatic rings. The Labute approximate surface area is 401 Å². The highest BCUT2D eigenvalue weighted by Crippen LogP contribution is 2.39. The minimum absolute atomic E-state index is 0.0879. The maximum Gasteiger partial charge on any atom is 0.409 e. The van der Waals surface area contributed by atoms with Crippen LogP contribution in [-0.2, 0) is 23.7 Å². The predicted molar refractivity (Wildman–Crippen MR) is 277 cm³/mol. The third-order valence-electron chi connectivity index (χ3n) is 12.5. The summed E-state index contributed by atoms with van der Waals surface area (Å²) in [5, 5.41) is 0. The molecule has 0 aliphatic heterocycles. The summed E-state index contributed by atoms with van der Waals surface area (Å²) in [4.78, 5) is 30.0. The summed E-state index contributed by atoms with van der Waals surface area (Å²) in [5.41, 5.74) is 0. The first-order valence-electron chi connectivity index (χ1n) is 27.0. The van der Waals surface area contributed by atoms with Crippen LogP contribution in [0.3, 0.4) is 0 Å². The smallest absolute Gasteiger partial charge is 0.409 e. The van der Waals surface area contributed by atoms with Crippen LogP contribution in [0.1, 0.15) is 207 Å². The number of hydrogen-bond donors (Lipinski definition) is 0. The molecule has 4 unspecified atom stereocenters. The first-order valence-corrected chi connectivity index (χ1v) is 27.0. The third kappa shape index (κ3) is 37.0. The molecule has 0 aromatic carbocycles. The second kappa shape index (κ2) is 45.1. The van der Waals surface area contributed by atoms with Gasteiger partial charge in [0.25, 0.3) is 0 Å². The van der Waals surface area contributed by atoms with Gasteiger partial charge in [-0.25, -0.2) is 4.79 Å². The van der Waals surface area contributed by atoms with Crippen molar-refractivity contribution in [3.63, 3.8) is 0 Å². The zero-order valence-corrected chi connectivity index (χ0v) is 43.2. The Morgan fingerprint density at radius 1 is 0.569 bits per heavy atom. The Morgan fingerprint density at radius 3 is 1.63 bits per heavy atom. The van der Waals surface area contributed by atoms with E-state index in [2.05, 4.69) is 86.4 Å². The summed E-state index contributed by atoms with van der Waals surface area (Å²) < 4.78 is 24.4. The summed E-state index contributed by atoms with van der Waals surface area (Å²) in [5.74, 6) is -0.0153. The van der Waals surface area contributed by atoms with Gasteiger partial charge >= 0.3 is 12.1 Å². The quantitative estimate of drug-likeness (QED) is 0.0342. The average molecular weight is 911 g/mol. The van der Waals surface area contributed by atoms with Crippen molar-refractivity contribution in [2.75, 3.05) is 60.7 Å². The summed E-state index contributed by atoms with van der Waals surface area (Å²) >= 11 is 0. The van der Waals surface area contributed by atoms with Crippen LogP contribution >= 0.6 is 0 Å². The Kier molecular flexibility index (Phi) is 41.9. The highest BCUT2D eigenvalue weighted by atomic mass is 16.6. The Morgan fingerprint density at radius 2 is 1.09 bits per heavy atom. The molecule has 0 aromatic rings. The van der Waals surface area contributed by atoms with E-state index in [1.165, 1.54) is 122 Å². The van der Waals surface area contributed by atoms with Crippen molar-refractivity contribution in [3.05, 3.63) is 60.8 Å². The predicted octanol–water partition coefficient (Wildman–Crippen LogP) is 15.3. The van der Waals surface area contributed by atoms with E-state index < -0.39 is 0 Å². The normalized spacial score (nSPS) is 17.3. The van der Waals surface area contributed by atoms with Gasteiger partial charge in [-0.15, -0.1) is 0 Å². The summed E-state index contributed by atoms with van der Waals surface area (Å²) in [6.45, 7) is 9.99. The lowest BCUT2D eigenvalue weighted by Gasteiger charge is -2.26. The molecule has 0 heterocycles. The summed E-state index contributed by atoms with van der Waals surface area (Å²) in [6, 6.07) is 0. The summed E-state index contributed by atoms with van der Waals surface area (Å²) in [7, 11) is 5.78. The van der Waals surface area contributed by atoms with Gasteiger partial charge in [-0.3, -0.25) is 4.79 Å². The fraction of sp³-hybridized carbons (Fsp3) is 0.789. The number of amides is 1. The van der Waals surface area contributed by atoms with Crippen LogP contribution in [0.5, 0.6) is 0 Å². The van der Waals surface area contributed by atoms with Gasteiger partial charge in [0.1, 0.15) is 18.8 Å². The van der Waals surface area contributed by atoms with Gasteiger partial charge in [-0.2, -0.15) is 0 Å². The molecular weight excluding hydrogens is 809 g/mol. The number of allylic oxidation sites excluding steroid dienone is 10. The van der Waals surface area contributed by atoms with Gasteiger partial charge in [-0.1, -0.05) is 159 Å². The molecule has 4 atom stereocenters. The molecule has 1 fully saturated rings. The van der Waals surface area contributed by atoms with Crippen LogP contribution in [0.2, 0.25) is 0 Å². The van der Waals surface area contributed by atoms with E-state index in [-0.39, 0.29) is 42.7 Å². The van der Waals surface area contributed by atoms with Crippen LogP contribution < -0.4 is 0 Å².